The fraction of sp³-hybridized carbons (Fsp3) is 0.700. The smallest absolute Gasteiger partial charge is 0.317 e. The first-order chi connectivity index (χ1) is 6.60. The van der Waals surface area contributed by atoms with Gasteiger partial charge in [0.05, 0.1) is 6.54 Å². The highest BCUT2D eigenvalue weighted by molar-refractivity contribution is 5.69. The summed E-state index contributed by atoms with van der Waals surface area (Å²) >= 11 is 0. The van der Waals surface area contributed by atoms with E-state index in [0.717, 1.165) is 0 Å². The molecule has 1 N–H and O–H groups in total. The zero-order valence-corrected chi connectivity index (χ0v) is 8.90. The summed E-state index contributed by atoms with van der Waals surface area (Å²) in [6.45, 7) is 7.64. The largest absolute Gasteiger partial charge is 0.480 e. The Morgan fingerprint density at radius 1 is 1.71 bits per heavy atom. The van der Waals surface area contributed by atoms with Gasteiger partial charge in [0.2, 0.25) is 0 Å². The first-order valence-corrected chi connectivity index (χ1v) is 4.64. The van der Waals surface area contributed by atoms with Crippen molar-refractivity contribution in [3.8, 4) is 0 Å². The van der Waals surface area contributed by atoms with Gasteiger partial charge in [-0.15, -0.1) is 6.58 Å². The minimum atomic E-state index is -0.809. The Morgan fingerprint density at radius 3 is 2.79 bits per heavy atom. The van der Waals surface area contributed by atoms with Crippen molar-refractivity contribution < 1.29 is 14.6 Å². The highest BCUT2D eigenvalue weighted by atomic mass is 16.5. The molecule has 0 saturated carbocycles. The van der Waals surface area contributed by atoms with E-state index < -0.39 is 5.97 Å². The van der Waals surface area contributed by atoms with Crippen LogP contribution in [-0.4, -0.2) is 49.3 Å². The SMILES string of the molecule is C=CCN(CC(=O)O)CC(C)COC. The molecule has 0 aliphatic heterocycles. The van der Waals surface area contributed by atoms with E-state index in [1.807, 2.05) is 11.8 Å². The molecule has 0 aliphatic rings. The van der Waals surface area contributed by atoms with Crippen molar-refractivity contribution in [2.45, 2.75) is 6.92 Å². The molecular formula is C10H19NO3. The van der Waals surface area contributed by atoms with Gasteiger partial charge in [0.25, 0.3) is 0 Å². The lowest BCUT2D eigenvalue weighted by Crippen LogP contribution is -2.34. The Hall–Kier alpha value is -0.870. The van der Waals surface area contributed by atoms with Crippen molar-refractivity contribution in [2.75, 3.05) is 33.4 Å². The molecule has 0 bridgehead atoms. The van der Waals surface area contributed by atoms with Crippen molar-refractivity contribution in [3.63, 3.8) is 0 Å². The summed E-state index contributed by atoms with van der Waals surface area (Å²) in [6, 6.07) is 0. The van der Waals surface area contributed by atoms with Gasteiger partial charge in [0.1, 0.15) is 0 Å². The van der Waals surface area contributed by atoms with E-state index in [1.54, 1.807) is 13.2 Å². The second-order valence-corrected chi connectivity index (χ2v) is 3.44. The monoisotopic (exact) mass is 201 g/mol. The van der Waals surface area contributed by atoms with Crippen molar-refractivity contribution in [1.29, 1.82) is 0 Å². The number of carbonyl (C=O) groups is 1. The normalized spacial score (nSPS) is 12.8. The van der Waals surface area contributed by atoms with Crippen LogP contribution in [0.2, 0.25) is 0 Å². The number of rotatable bonds is 8. The predicted octanol–water partition coefficient (Wildman–Crippen LogP) is 0.841. The first-order valence-electron chi connectivity index (χ1n) is 4.64. The molecule has 0 spiro atoms. The third-order valence-electron chi connectivity index (χ3n) is 1.77. The van der Waals surface area contributed by atoms with Gasteiger partial charge in [-0.3, -0.25) is 9.69 Å². The van der Waals surface area contributed by atoms with E-state index in [4.69, 9.17) is 9.84 Å². The third-order valence-corrected chi connectivity index (χ3v) is 1.77. The molecule has 0 aromatic rings. The van der Waals surface area contributed by atoms with Crippen LogP contribution in [0.3, 0.4) is 0 Å². The minimum Gasteiger partial charge on any atom is -0.480 e. The highest BCUT2D eigenvalue weighted by Crippen LogP contribution is 2.00. The Bertz CT molecular complexity index is 182. The molecule has 82 valence electrons. The molecule has 1 unspecified atom stereocenters. The Morgan fingerprint density at radius 2 is 2.36 bits per heavy atom. The van der Waals surface area contributed by atoms with Gasteiger partial charge in [0, 0.05) is 26.8 Å². The van der Waals surface area contributed by atoms with Gasteiger partial charge in [0.15, 0.2) is 0 Å². The van der Waals surface area contributed by atoms with E-state index in [9.17, 15) is 4.79 Å². The minimum absolute atomic E-state index is 0.0556. The fourth-order valence-electron chi connectivity index (χ4n) is 1.36. The quantitative estimate of drug-likeness (QED) is 0.591. The third kappa shape index (κ3) is 6.62. The van der Waals surface area contributed by atoms with Crippen LogP contribution in [-0.2, 0) is 9.53 Å². The molecule has 0 fully saturated rings. The predicted molar refractivity (Wildman–Crippen MR) is 55.3 cm³/mol. The van der Waals surface area contributed by atoms with E-state index in [1.165, 1.54) is 0 Å². The van der Waals surface area contributed by atoms with Crippen LogP contribution in [0.1, 0.15) is 6.92 Å². The molecule has 0 radical (unpaired) electrons. The average Bonchev–Trinajstić information content (AvgIpc) is 2.03. The number of hydrogen-bond acceptors (Lipinski definition) is 3. The number of hydrogen-bond donors (Lipinski definition) is 1. The summed E-state index contributed by atoms with van der Waals surface area (Å²) in [4.78, 5) is 12.3. The number of carboxylic acid groups (broad SMARTS) is 1. The van der Waals surface area contributed by atoms with Crippen LogP contribution in [0.4, 0.5) is 0 Å². The highest BCUT2D eigenvalue weighted by Gasteiger charge is 2.11. The van der Waals surface area contributed by atoms with Gasteiger partial charge in [-0.25, -0.2) is 0 Å². The number of aliphatic carboxylic acids is 1. The maximum atomic E-state index is 10.5. The summed E-state index contributed by atoms with van der Waals surface area (Å²) in [6.07, 6.45) is 1.71. The summed E-state index contributed by atoms with van der Waals surface area (Å²) in [7, 11) is 1.64. The van der Waals surface area contributed by atoms with Crippen molar-refractivity contribution in [2.24, 2.45) is 5.92 Å². The van der Waals surface area contributed by atoms with Crippen molar-refractivity contribution in [3.05, 3.63) is 12.7 Å². The zero-order valence-electron chi connectivity index (χ0n) is 8.90. The van der Waals surface area contributed by atoms with Crippen molar-refractivity contribution >= 4 is 5.97 Å². The second-order valence-electron chi connectivity index (χ2n) is 3.44. The molecular weight excluding hydrogens is 182 g/mol. The van der Waals surface area contributed by atoms with Crippen LogP contribution >= 0.6 is 0 Å². The van der Waals surface area contributed by atoms with Gasteiger partial charge in [-0.2, -0.15) is 0 Å². The maximum absolute atomic E-state index is 10.5. The summed E-state index contributed by atoms with van der Waals surface area (Å²) in [5.74, 6) is -0.476. The van der Waals surface area contributed by atoms with Gasteiger partial charge in [-0.05, 0) is 5.92 Å². The Balaban J connectivity index is 3.93. The Labute approximate surface area is 85.2 Å². The van der Waals surface area contributed by atoms with Crippen LogP contribution in [0.25, 0.3) is 0 Å². The summed E-state index contributed by atoms with van der Waals surface area (Å²) in [5.41, 5.74) is 0. The molecule has 0 rings (SSSR count). The summed E-state index contributed by atoms with van der Waals surface area (Å²) < 4.78 is 4.99. The summed E-state index contributed by atoms with van der Waals surface area (Å²) in [5, 5.41) is 8.65. The molecule has 0 heterocycles. The molecule has 0 aliphatic carbocycles. The maximum Gasteiger partial charge on any atom is 0.317 e. The molecule has 0 aromatic heterocycles. The van der Waals surface area contributed by atoms with Crippen LogP contribution in [0, 0.1) is 5.92 Å². The molecule has 0 saturated heterocycles. The number of ether oxygens (including phenoxy) is 1. The fourth-order valence-corrected chi connectivity index (χ4v) is 1.36. The molecule has 0 aromatic carbocycles. The molecule has 0 amide bonds. The Kier molecular flexibility index (Phi) is 7.06. The standard InChI is InChI=1S/C10H19NO3/c1-4-5-11(7-10(12)13)6-9(2)8-14-3/h4,9H,1,5-8H2,2-3H3,(H,12,13). The molecule has 4 nitrogen and oxygen atoms in total. The molecule has 4 heteroatoms. The molecule has 1 atom stereocenters. The van der Waals surface area contributed by atoms with Crippen LogP contribution in [0.15, 0.2) is 12.7 Å². The van der Waals surface area contributed by atoms with E-state index in [-0.39, 0.29) is 6.54 Å². The van der Waals surface area contributed by atoms with Gasteiger partial charge < -0.3 is 9.84 Å². The topological polar surface area (TPSA) is 49.8 Å². The van der Waals surface area contributed by atoms with Crippen LogP contribution < -0.4 is 0 Å². The lowest BCUT2D eigenvalue weighted by Gasteiger charge is -2.22. The molecule has 14 heavy (non-hydrogen) atoms. The zero-order chi connectivity index (χ0) is 11.0. The van der Waals surface area contributed by atoms with E-state index in [0.29, 0.717) is 25.6 Å². The number of carboxylic acids is 1. The second kappa shape index (κ2) is 7.53. The van der Waals surface area contributed by atoms with Crippen molar-refractivity contribution in [1.82, 2.24) is 4.90 Å². The van der Waals surface area contributed by atoms with E-state index in [2.05, 4.69) is 6.58 Å². The van der Waals surface area contributed by atoms with E-state index >= 15 is 0 Å². The first kappa shape index (κ1) is 13.1. The lowest BCUT2D eigenvalue weighted by molar-refractivity contribution is -0.138. The number of nitrogens with zero attached hydrogens (tertiary/aromatic N) is 1. The average molecular weight is 201 g/mol. The van der Waals surface area contributed by atoms with Gasteiger partial charge in [-0.1, -0.05) is 13.0 Å². The lowest BCUT2D eigenvalue weighted by atomic mass is 10.2. The van der Waals surface area contributed by atoms with Gasteiger partial charge >= 0.3 is 5.97 Å². The number of methoxy groups -OCH3 is 1. The van der Waals surface area contributed by atoms with Crippen LogP contribution in [0.5, 0.6) is 0 Å².